The Labute approximate surface area is 257 Å². The molecule has 1 aromatic carbocycles. The van der Waals surface area contributed by atoms with Crippen molar-refractivity contribution in [3.63, 3.8) is 0 Å². The van der Waals surface area contributed by atoms with E-state index in [0.717, 1.165) is 57.8 Å². The van der Waals surface area contributed by atoms with Gasteiger partial charge in [0.1, 0.15) is 0 Å². The first-order valence-corrected chi connectivity index (χ1v) is 16.6. The summed E-state index contributed by atoms with van der Waals surface area (Å²) >= 11 is 0. The Morgan fingerprint density at radius 3 is 0.857 bits per heavy atom. The number of rotatable bonds is 3. The maximum atomic E-state index is 11.2. The Bertz CT molecular complexity index is 972. The van der Waals surface area contributed by atoms with Gasteiger partial charge >= 0.3 is 0 Å². The van der Waals surface area contributed by atoms with E-state index in [1.807, 2.05) is 0 Å². The van der Waals surface area contributed by atoms with Gasteiger partial charge in [0.15, 0.2) is 0 Å². The summed E-state index contributed by atoms with van der Waals surface area (Å²) in [6.45, 7) is 26.0. The van der Waals surface area contributed by atoms with Crippen molar-refractivity contribution in [3.8, 4) is 0 Å². The molecule has 42 heavy (non-hydrogen) atoms. The lowest BCUT2D eigenvalue weighted by atomic mass is 9.76. The Hall–Kier alpha value is -1.02. The van der Waals surface area contributed by atoms with Gasteiger partial charge in [0.2, 0.25) is 0 Å². The van der Waals surface area contributed by atoms with Gasteiger partial charge in [0, 0.05) is 33.2 Å². The predicted molar refractivity (Wildman–Crippen MR) is 172 cm³/mol. The van der Waals surface area contributed by atoms with Gasteiger partial charge in [0.25, 0.3) is 0 Å². The Morgan fingerprint density at radius 1 is 0.429 bits per heavy atom. The molecule has 240 valence electrons. The van der Waals surface area contributed by atoms with E-state index in [-0.39, 0.29) is 33.2 Å². The topological polar surface area (TPSA) is 70.4 Å². The van der Waals surface area contributed by atoms with Crippen molar-refractivity contribution in [1.29, 1.82) is 0 Å². The summed E-state index contributed by atoms with van der Waals surface area (Å²) in [6.07, 6.45) is 8.63. The molecule has 3 unspecified atom stereocenters. The van der Waals surface area contributed by atoms with Crippen LogP contribution in [0.2, 0.25) is 0 Å². The van der Waals surface area contributed by atoms with E-state index >= 15 is 0 Å². The van der Waals surface area contributed by atoms with Crippen LogP contribution in [0.4, 0.5) is 0 Å². The molecule has 3 saturated heterocycles. The summed E-state index contributed by atoms with van der Waals surface area (Å²) < 4.78 is 0. The van der Waals surface area contributed by atoms with Crippen molar-refractivity contribution in [1.82, 2.24) is 15.2 Å². The number of hydrogen-bond donors (Lipinski definition) is 3. The summed E-state index contributed by atoms with van der Waals surface area (Å²) in [4.78, 5) is 0. The minimum atomic E-state index is -0.335. The summed E-state index contributed by atoms with van der Waals surface area (Å²) in [6, 6.07) is 7.44. The van der Waals surface area contributed by atoms with Gasteiger partial charge in [0.05, 0.1) is 0 Å². The zero-order valence-corrected chi connectivity index (χ0v) is 29.0. The normalized spacial score (nSPS) is 33.4. The second-order valence-electron chi connectivity index (χ2n) is 18.1. The lowest BCUT2D eigenvalue weighted by Crippen LogP contribution is -2.52. The van der Waals surface area contributed by atoms with E-state index in [4.69, 9.17) is 0 Å². The molecule has 4 rings (SSSR count). The molecule has 3 heterocycles. The number of nitrogens with zero attached hydrogens (tertiary/aromatic N) is 3. The average Bonchev–Trinajstić information content (AvgIpc) is 3.06. The molecule has 0 aromatic heterocycles. The van der Waals surface area contributed by atoms with E-state index in [2.05, 4.69) is 101 Å². The smallest absolute Gasteiger partial charge is 0.0416 e. The van der Waals surface area contributed by atoms with Crippen LogP contribution in [0.3, 0.4) is 0 Å². The quantitative estimate of drug-likeness (QED) is 0.328. The third kappa shape index (κ3) is 6.65. The predicted octanol–water partition coefficient (Wildman–Crippen LogP) is 9.23. The molecule has 6 heteroatoms. The highest BCUT2D eigenvalue weighted by Crippen LogP contribution is 2.48. The molecule has 0 amide bonds. The van der Waals surface area contributed by atoms with Gasteiger partial charge in [-0.2, -0.15) is 15.2 Å². The maximum absolute atomic E-state index is 11.2. The molecule has 0 radical (unpaired) electrons. The van der Waals surface area contributed by atoms with Crippen LogP contribution in [-0.4, -0.2) is 64.0 Å². The molecular formula is C36H63N3O3. The number of hydroxylamine groups is 6. The molecule has 6 nitrogen and oxygen atoms in total. The van der Waals surface area contributed by atoms with E-state index in [1.165, 1.54) is 16.7 Å². The number of benzene rings is 1. The maximum Gasteiger partial charge on any atom is 0.0416 e. The van der Waals surface area contributed by atoms with Gasteiger partial charge < -0.3 is 15.6 Å². The molecule has 3 atom stereocenters. The van der Waals surface area contributed by atoms with Crippen LogP contribution in [-0.2, 0) is 0 Å². The summed E-state index contributed by atoms with van der Waals surface area (Å²) in [5, 5.41) is 38.5. The first-order valence-electron chi connectivity index (χ1n) is 16.6. The fraction of sp³-hybridized carbons (Fsp3) is 0.833. The van der Waals surface area contributed by atoms with Crippen LogP contribution in [0.15, 0.2) is 18.2 Å². The highest BCUT2D eigenvalue weighted by Gasteiger charge is 2.45. The van der Waals surface area contributed by atoms with Crippen LogP contribution in [0, 0.1) is 0 Å². The summed E-state index contributed by atoms with van der Waals surface area (Å²) in [5.41, 5.74) is 2.35. The van der Waals surface area contributed by atoms with E-state index in [9.17, 15) is 15.6 Å². The zero-order chi connectivity index (χ0) is 31.7. The minimum absolute atomic E-state index is 0.276. The molecule has 3 aliphatic heterocycles. The molecule has 0 aliphatic carbocycles. The fourth-order valence-electron chi connectivity index (χ4n) is 9.00. The van der Waals surface area contributed by atoms with Crippen molar-refractivity contribution in [2.75, 3.05) is 0 Å². The Morgan fingerprint density at radius 2 is 0.643 bits per heavy atom. The van der Waals surface area contributed by atoms with E-state index in [1.54, 1.807) is 15.2 Å². The average molecular weight is 586 g/mol. The fourth-order valence-corrected chi connectivity index (χ4v) is 9.00. The zero-order valence-electron chi connectivity index (χ0n) is 29.0. The molecule has 0 bridgehead atoms. The van der Waals surface area contributed by atoms with Crippen LogP contribution in [0.25, 0.3) is 0 Å². The number of hydrogen-bond acceptors (Lipinski definition) is 6. The SMILES string of the molecule is CC1(C)CCC(c2cc(C3CCC(C)(C)N(O)C(C)(C)C3)cc(C3CCC(C)(C)N(O)C(C)(C)C3)c2)CC(C)(C)N1O. The molecule has 0 saturated carbocycles. The highest BCUT2D eigenvalue weighted by molar-refractivity contribution is 5.38. The van der Waals surface area contributed by atoms with Crippen molar-refractivity contribution in [3.05, 3.63) is 34.9 Å². The van der Waals surface area contributed by atoms with Gasteiger partial charge in [-0.25, -0.2) is 0 Å². The van der Waals surface area contributed by atoms with Gasteiger partial charge in [-0.1, -0.05) is 18.2 Å². The van der Waals surface area contributed by atoms with Crippen LogP contribution in [0.5, 0.6) is 0 Å². The van der Waals surface area contributed by atoms with Crippen molar-refractivity contribution in [2.45, 2.75) is 192 Å². The Kier molecular flexibility index (Phi) is 8.95. The first-order chi connectivity index (χ1) is 19.0. The first kappa shape index (κ1) is 33.9. The van der Waals surface area contributed by atoms with Crippen LogP contribution in [0.1, 0.15) is 175 Å². The second kappa shape index (κ2) is 11.1. The van der Waals surface area contributed by atoms with Crippen LogP contribution >= 0.6 is 0 Å². The molecular weight excluding hydrogens is 522 g/mol. The lowest BCUT2D eigenvalue weighted by Gasteiger charge is -2.42. The summed E-state index contributed by atoms with van der Waals surface area (Å²) in [5.74, 6) is 1.05. The monoisotopic (exact) mass is 585 g/mol. The van der Waals surface area contributed by atoms with Crippen molar-refractivity contribution < 1.29 is 15.6 Å². The molecule has 1 aromatic rings. The lowest BCUT2D eigenvalue weighted by molar-refractivity contribution is -0.221. The van der Waals surface area contributed by atoms with E-state index in [0.29, 0.717) is 17.8 Å². The van der Waals surface area contributed by atoms with Gasteiger partial charge in [-0.05, 0) is 175 Å². The molecule has 3 aliphatic rings. The molecule has 0 spiro atoms. The molecule has 3 N–H and O–H groups in total. The highest BCUT2D eigenvalue weighted by atomic mass is 16.5. The Balaban J connectivity index is 1.81. The van der Waals surface area contributed by atoms with E-state index < -0.39 is 0 Å². The molecule has 3 fully saturated rings. The second-order valence-corrected chi connectivity index (χ2v) is 18.1. The van der Waals surface area contributed by atoms with Crippen molar-refractivity contribution >= 4 is 0 Å². The summed E-state index contributed by atoms with van der Waals surface area (Å²) in [7, 11) is 0. The van der Waals surface area contributed by atoms with Crippen LogP contribution < -0.4 is 0 Å². The minimum Gasteiger partial charge on any atom is -0.313 e. The van der Waals surface area contributed by atoms with Crippen molar-refractivity contribution in [2.24, 2.45) is 0 Å². The standard InChI is InChI=1S/C36H63N3O3/c1-31(2)16-13-25(22-34(7,8)37(31)40)28-19-29(26-14-17-32(3,4)38(41)35(9,10)23-26)21-30(20-28)27-15-18-33(5,6)39(42)36(11,12)24-27/h19-21,25-27,40-42H,13-18,22-24H2,1-12H3. The van der Waals surface area contributed by atoms with Gasteiger partial charge in [-0.3, -0.25) is 0 Å². The third-order valence-electron chi connectivity index (χ3n) is 11.4. The largest absolute Gasteiger partial charge is 0.313 e. The van der Waals surface area contributed by atoms with Gasteiger partial charge in [-0.15, -0.1) is 0 Å². The third-order valence-corrected chi connectivity index (χ3v) is 11.4.